The van der Waals surface area contributed by atoms with Gasteiger partial charge in [0, 0.05) is 0 Å². The topological polar surface area (TPSA) is 60.4 Å². The van der Waals surface area contributed by atoms with E-state index in [1.807, 2.05) is 30.3 Å². The quantitative estimate of drug-likeness (QED) is 0.758. The zero-order valence-electron chi connectivity index (χ0n) is 13.1. The minimum atomic E-state index is -3.38. The fraction of sp³-hybridized carbons (Fsp3) is 0.562. The maximum Gasteiger partial charge on any atom is 0.310 e. The van der Waals surface area contributed by atoms with Crippen molar-refractivity contribution in [1.29, 1.82) is 0 Å². The number of sulfone groups is 1. The summed E-state index contributed by atoms with van der Waals surface area (Å²) in [6.45, 7) is 6.91. The maximum atomic E-state index is 12.4. The first-order chi connectivity index (χ1) is 9.67. The van der Waals surface area contributed by atoms with Crippen molar-refractivity contribution in [3.63, 3.8) is 0 Å². The van der Waals surface area contributed by atoms with Gasteiger partial charge in [0.25, 0.3) is 0 Å². The Labute approximate surface area is 127 Å². The summed E-state index contributed by atoms with van der Waals surface area (Å²) >= 11 is 0. The van der Waals surface area contributed by atoms with E-state index in [-0.39, 0.29) is 12.4 Å². The summed E-state index contributed by atoms with van der Waals surface area (Å²) in [5.41, 5.74) is 0.930. The van der Waals surface area contributed by atoms with Crippen molar-refractivity contribution < 1.29 is 17.9 Å². The van der Waals surface area contributed by atoms with Gasteiger partial charge in [0.1, 0.15) is 0 Å². The van der Waals surface area contributed by atoms with E-state index < -0.39 is 26.5 Å². The fourth-order valence-corrected chi connectivity index (χ4v) is 3.17. The predicted molar refractivity (Wildman–Crippen MR) is 83.8 cm³/mol. The van der Waals surface area contributed by atoms with Crippen molar-refractivity contribution >= 4 is 15.8 Å². The minimum absolute atomic E-state index is 0.190. The van der Waals surface area contributed by atoms with Crippen LogP contribution in [-0.2, 0) is 25.8 Å². The molecule has 0 aliphatic rings. The molecule has 0 aliphatic carbocycles. The standard InChI is InChI=1S/C16H24O4S/c1-5-20-15(17)14(11-13-9-7-6-8-10-13)12-21(18,19)16(2,3)4/h6-10,14H,5,11-12H2,1-4H3. The van der Waals surface area contributed by atoms with E-state index >= 15 is 0 Å². The Morgan fingerprint density at radius 2 is 1.76 bits per heavy atom. The zero-order valence-corrected chi connectivity index (χ0v) is 13.9. The molecule has 0 N–H and O–H groups in total. The molecule has 5 heteroatoms. The van der Waals surface area contributed by atoms with Crippen molar-refractivity contribution in [3.05, 3.63) is 35.9 Å². The van der Waals surface area contributed by atoms with E-state index in [0.717, 1.165) is 5.56 Å². The van der Waals surface area contributed by atoms with Gasteiger partial charge in [-0.2, -0.15) is 0 Å². The van der Waals surface area contributed by atoms with Crippen LogP contribution >= 0.6 is 0 Å². The molecular weight excluding hydrogens is 288 g/mol. The molecule has 0 aromatic heterocycles. The van der Waals surface area contributed by atoms with Crippen molar-refractivity contribution in [2.75, 3.05) is 12.4 Å². The van der Waals surface area contributed by atoms with Gasteiger partial charge in [-0.1, -0.05) is 30.3 Å². The fourth-order valence-electron chi connectivity index (χ4n) is 1.88. The Morgan fingerprint density at radius 1 is 1.19 bits per heavy atom. The third kappa shape index (κ3) is 5.16. The highest BCUT2D eigenvalue weighted by Gasteiger charge is 2.34. The van der Waals surface area contributed by atoms with Gasteiger partial charge in [-0.25, -0.2) is 8.42 Å². The van der Waals surface area contributed by atoms with Crippen LogP contribution < -0.4 is 0 Å². The summed E-state index contributed by atoms with van der Waals surface area (Å²) in [5, 5.41) is 0. The lowest BCUT2D eigenvalue weighted by Crippen LogP contribution is -2.37. The van der Waals surface area contributed by atoms with Crippen molar-refractivity contribution in [2.45, 2.75) is 38.9 Å². The van der Waals surface area contributed by atoms with Gasteiger partial charge in [0.05, 0.1) is 23.0 Å². The van der Waals surface area contributed by atoms with Crippen LogP contribution in [0.5, 0.6) is 0 Å². The number of hydrogen-bond acceptors (Lipinski definition) is 4. The number of hydrogen-bond donors (Lipinski definition) is 0. The Morgan fingerprint density at radius 3 is 2.24 bits per heavy atom. The molecule has 0 aliphatic heterocycles. The number of ether oxygens (including phenoxy) is 1. The van der Waals surface area contributed by atoms with Crippen LogP contribution in [0.15, 0.2) is 30.3 Å². The van der Waals surface area contributed by atoms with Crippen LogP contribution in [0.3, 0.4) is 0 Å². The van der Waals surface area contributed by atoms with Crippen LogP contribution in [-0.4, -0.2) is 31.5 Å². The van der Waals surface area contributed by atoms with Crippen molar-refractivity contribution in [2.24, 2.45) is 5.92 Å². The lowest BCUT2D eigenvalue weighted by Gasteiger charge is -2.23. The molecule has 1 rings (SSSR count). The molecule has 1 atom stereocenters. The van der Waals surface area contributed by atoms with E-state index in [0.29, 0.717) is 6.42 Å². The molecule has 0 saturated heterocycles. The van der Waals surface area contributed by atoms with Crippen molar-refractivity contribution in [3.8, 4) is 0 Å². The number of carbonyl (C=O) groups excluding carboxylic acids is 1. The second-order valence-electron chi connectivity index (χ2n) is 6.03. The number of carbonyl (C=O) groups is 1. The van der Waals surface area contributed by atoms with Crippen LogP contribution in [0.2, 0.25) is 0 Å². The van der Waals surface area contributed by atoms with Gasteiger partial charge in [0.2, 0.25) is 0 Å². The predicted octanol–water partition coefficient (Wildman–Crippen LogP) is 2.62. The highest BCUT2D eigenvalue weighted by atomic mass is 32.2. The average molecular weight is 312 g/mol. The normalized spacial score (nSPS) is 13.7. The summed E-state index contributed by atoms with van der Waals surface area (Å²) in [6.07, 6.45) is 0.370. The Hall–Kier alpha value is -1.36. The van der Waals surface area contributed by atoms with Crippen LogP contribution in [0, 0.1) is 5.92 Å². The smallest absolute Gasteiger partial charge is 0.310 e. The monoisotopic (exact) mass is 312 g/mol. The van der Waals surface area contributed by atoms with Gasteiger partial charge < -0.3 is 4.74 Å². The molecule has 0 saturated carbocycles. The molecule has 0 heterocycles. The van der Waals surface area contributed by atoms with E-state index in [9.17, 15) is 13.2 Å². The molecule has 0 radical (unpaired) electrons. The van der Waals surface area contributed by atoms with E-state index in [2.05, 4.69) is 0 Å². The molecule has 0 spiro atoms. The highest BCUT2D eigenvalue weighted by molar-refractivity contribution is 7.92. The SMILES string of the molecule is CCOC(=O)C(Cc1ccccc1)CS(=O)(=O)C(C)(C)C. The van der Waals surface area contributed by atoms with Gasteiger partial charge in [0.15, 0.2) is 9.84 Å². The molecular formula is C16H24O4S. The van der Waals surface area contributed by atoms with Gasteiger partial charge in [-0.3, -0.25) is 4.79 Å². The Kier molecular flexibility index (Phi) is 5.96. The lowest BCUT2D eigenvalue weighted by atomic mass is 10.0. The summed E-state index contributed by atoms with van der Waals surface area (Å²) in [5.74, 6) is -1.31. The second kappa shape index (κ2) is 7.07. The summed E-state index contributed by atoms with van der Waals surface area (Å²) in [7, 11) is -3.38. The first kappa shape index (κ1) is 17.7. The largest absolute Gasteiger partial charge is 0.466 e. The summed E-state index contributed by atoms with van der Waals surface area (Å²) in [6, 6.07) is 9.40. The number of rotatable bonds is 6. The van der Waals surface area contributed by atoms with Crippen LogP contribution in [0.25, 0.3) is 0 Å². The molecule has 0 fully saturated rings. The first-order valence-corrected chi connectivity index (χ1v) is 8.75. The van der Waals surface area contributed by atoms with Gasteiger partial charge >= 0.3 is 5.97 Å². The maximum absolute atomic E-state index is 12.4. The zero-order chi connectivity index (χ0) is 16.1. The molecule has 4 nitrogen and oxygen atoms in total. The second-order valence-corrected chi connectivity index (χ2v) is 8.82. The highest BCUT2D eigenvalue weighted by Crippen LogP contribution is 2.21. The van der Waals surface area contributed by atoms with E-state index in [1.165, 1.54) is 0 Å². The van der Waals surface area contributed by atoms with Gasteiger partial charge in [-0.15, -0.1) is 0 Å². The Bertz CT molecular complexity index is 556. The molecule has 1 unspecified atom stereocenters. The summed E-state index contributed by atoms with van der Waals surface area (Å²) < 4.78 is 28.9. The van der Waals surface area contributed by atoms with E-state index in [1.54, 1.807) is 27.7 Å². The number of benzene rings is 1. The summed E-state index contributed by atoms with van der Waals surface area (Å²) in [4.78, 5) is 12.1. The first-order valence-electron chi connectivity index (χ1n) is 7.10. The minimum Gasteiger partial charge on any atom is -0.466 e. The average Bonchev–Trinajstić information content (AvgIpc) is 2.38. The molecule has 0 bridgehead atoms. The van der Waals surface area contributed by atoms with Crippen LogP contribution in [0.1, 0.15) is 33.3 Å². The van der Waals surface area contributed by atoms with Crippen LogP contribution in [0.4, 0.5) is 0 Å². The van der Waals surface area contributed by atoms with E-state index in [4.69, 9.17) is 4.74 Å². The third-order valence-corrected chi connectivity index (χ3v) is 6.01. The third-order valence-electron chi connectivity index (χ3n) is 3.30. The molecule has 118 valence electrons. The molecule has 1 aromatic rings. The Balaban J connectivity index is 2.96. The van der Waals surface area contributed by atoms with Crippen molar-refractivity contribution in [1.82, 2.24) is 0 Å². The molecule has 0 amide bonds. The molecule has 1 aromatic carbocycles. The number of esters is 1. The van der Waals surface area contributed by atoms with Gasteiger partial charge in [-0.05, 0) is 39.7 Å². The lowest BCUT2D eigenvalue weighted by molar-refractivity contribution is -0.147. The molecule has 21 heavy (non-hydrogen) atoms.